The van der Waals surface area contributed by atoms with Gasteiger partial charge in [-0.25, -0.2) is 31.8 Å². The van der Waals surface area contributed by atoms with E-state index in [1.54, 1.807) is 18.3 Å². The molecule has 23 heteroatoms. The number of benzene rings is 2. The summed E-state index contributed by atoms with van der Waals surface area (Å²) in [6, 6.07) is 18.7. The van der Waals surface area contributed by atoms with Crippen molar-refractivity contribution in [2.24, 2.45) is 0 Å². The molecule has 0 amide bonds. The summed E-state index contributed by atoms with van der Waals surface area (Å²) >= 11 is 26.1. The van der Waals surface area contributed by atoms with Crippen molar-refractivity contribution in [2.45, 2.75) is 12.8 Å². The Balaban J connectivity index is 0.000000423. The van der Waals surface area contributed by atoms with Gasteiger partial charge in [0.2, 0.25) is 10.6 Å². The topological polar surface area (TPSA) is 159 Å². The van der Waals surface area contributed by atoms with Gasteiger partial charge in [-0.2, -0.15) is 4.98 Å². The number of H-pyrrole nitrogens is 1. The number of aromatic amines is 1. The number of aromatic nitrogens is 6. The van der Waals surface area contributed by atoms with Crippen LogP contribution in [-0.2, 0) is 19.7 Å². The van der Waals surface area contributed by atoms with Crippen LogP contribution in [0.3, 0.4) is 0 Å². The first-order valence-electron chi connectivity index (χ1n) is 15.1. The molecule has 0 saturated carbocycles. The van der Waals surface area contributed by atoms with Gasteiger partial charge in [0.25, 0.3) is 0 Å². The summed E-state index contributed by atoms with van der Waals surface area (Å²) in [5, 5.41) is 2.67. The molecule has 1 N–H and O–H groups in total. The van der Waals surface area contributed by atoms with Crippen LogP contribution >= 0.6 is 133 Å². The van der Waals surface area contributed by atoms with Crippen LogP contribution in [0.1, 0.15) is 12.8 Å². The summed E-state index contributed by atoms with van der Waals surface area (Å²) in [4.78, 5) is 18.4. The Morgan fingerprint density at radius 3 is 1.78 bits per heavy atom. The fourth-order valence-electron chi connectivity index (χ4n) is 4.43. The van der Waals surface area contributed by atoms with E-state index in [0.717, 1.165) is 27.6 Å². The van der Waals surface area contributed by atoms with Crippen LogP contribution in [0, 0.1) is 0 Å². The van der Waals surface area contributed by atoms with Crippen LogP contribution in [0.4, 0.5) is 0 Å². The molecule has 55 heavy (non-hydrogen) atoms. The van der Waals surface area contributed by atoms with Gasteiger partial charge in [-0.1, -0.05) is 23.7 Å². The number of hydrogen-bond acceptors (Lipinski definition) is 10. The minimum absolute atomic E-state index is 0. The van der Waals surface area contributed by atoms with E-state index in [0.29, 0.717) is 56.0 Å². The van der Waals surface area contributed by atoms with E-state index in [4.69, 9.17) is 44.3 Å². The zero-order valence-corrected chi connectivity index (χ0v) is 45.8. The molecule has 0 bridgehead atoms. The molecule has 0 atom stereocenters. The summed E-state index contributed by atoms with van der Waals surface area (Å²) in [6.07, 6.45) is 10.3. The standard InChI is InChI=1S/C16H16ClN3O3S.C12H15NO3S.C4H2Cl2N2.I3.I2.HI/c1-24(21,22)11-3-10-23-14-5-2-4-13-12(14)7-9-20(13)15-6-8-18-16(17)19-15;1-17(14,15)9-3-8-16-12-5-2-4-11-10(12)6-7-13-11;5-3-1-2-7-4(6)8-3;1-3-2;1-2;/h2,4-9H,3,10-11H2,1H3;2,4-7,13H,3,8-9H2,1H3;1-2H;;;1H/q;;;-1;;. The fourth-order valence-corrected chi connectivity index (χ4v) is 6.18. The molecule has 2 aromatic carbocycles. The average Bonchev–Trinajstić information content (AvgIpc) is 3.78. The molecule has 0 spiro atoms. The van der Waals surface area contributed by atoms with Gasteiger partial charge in [-0.3, -0.25) is 0 Å². The second-order valence-electron chi connectivity index (χ2n) is 10.6. The maximum absolute atomic E-state index is 11.2. The minimum atomic E-state index is -2.97. The Kier molecular flexibility index (Phi) is 28.0. The number of sulfone groups is 2. The number of rotatable bonds is 11. The van der Waals surface area contributed by atoms with E-state index in [1.165, 1.54) is 18.7 Å². The summed E-state index contributed by atoms with van der Waals surface area (Å²) in [5.74, 6) is 2.44. The first-order valence-corrected chi connectivity index (χ1v) is 39.2. The van der Waals surface area contributed by atoms with E-state index < -0.39 is 19.7 Å². The van der Waals surface area contributed by atoms with Crippen molar-refractivity contribution in [3.63, 3.8) is 0 Å². The van der Waals surface area contributed by atoms with E-state index in [-0.39, 0.29) is 46.0 Å². The number of ether oxygens (including phenoxy) is 2. The number of nitrogens with one attached hydrogen (secondary N) is 1. The summed E-state index contributed by atoms with van der Waals surface area (Å²) in [7, 11) is -5.86. The fraction of sp³-hybridized carbons (Fsp3) is 0.250. The van der Waals surface area contributed by atoms with E-state index in [2.05, 4.69) is 99.4 Å². The third kappa shape index (κ3) is 21.5. The zero-order chi connectivity index (χ0) is 40.1. The number of halogens is 9. The Morgan fingerprint density at radius 2 is 1.27 bits per heavy atom. The van der Waals surface area contributed by atoms with Crippen molar-refractivity contribution >= 4 is 175 Å². The molecular weight excluding hydrogens is 1500 g/mol. The van der Waals surface area contributed by atoms with Crippen LogP contribution in [-0.4, -0.2) is 83.6 Å². The van der Waals surface area contributed by atoms with Crippen molar-refractivity contribution in [2.75, 3.05) is 37.2 Å². The second-order valence-corrected chi connectivity index (χ2v) is 32.4. The van der Waals surface area contributed by atoms with Crippen LogP contribution in [0.15, 0.2) is 85.5 Å². The first kappa shape index (κ1) is 53.4. The summed E-state index contributed by atoms with van der Waals surface area (Å²) in [5.41, 5.74) is 1.94. The van der Waals surface area contributed by atoms with Crippen LogP contribution in [0.5, 0.6) is 11.5 Å². The molecule has 0 saturated heterocycles. The molecule has 0 radical (unpaired) electrons. The van der Waals surface area contributed by atoms with E-state index in [1.807, 2.05) is 65.5 Å². The second kappa shape index (κ2) is 28.8. The maximum atomic E-state index is 11.2. The molecule has 0 fully saturated rings. The van der Waals surface area contributed by atoms with Crippen molar-refractivity contribution in [1.82, 2.24) is 29.5 Å². The number of hydrogen-bond donors (Lipinski definition) is 1. The van der Waals surface area contributed by atoms with Gasteiger partial charge in [-0.15, -0.1) is 24.0 Å². The Bertz CT molecular complexity index is 2240. The molecule has 12 nitrogen and oxygen atoms in total. The average molecular weight is 1530 g/mol. The molecule has 4 heterocycles. The normalized spacial score (nSPS) is 10.6. The third-order valence-electron chi connectivity index (χ3n) is 6.53. The zero-order valence-electron chi connectivity index (χ0n) is 28.8. The first-order chi connectivity index (χ1) is 25.7. The Morgan fingerprint density at radius 1 is 0.745 bits per heavy atom. The van der Waals surface area contributed by atoms with Gasteiger partial charge >= 0.3 is 50.5 Å². The number of fused-ring (bicyclic) bond motifs is 2. The summed E-state index contributed by atoms with van der Waals surface area (Å²) in [6.45, 7) is 0.758. The molecule has 6 rings (SSSR count). The third-order valence-corrected chi connectivity index (χ3v) is 9.17. The number of nitrogens with zero attached hydrogens (tertiary/aromatic N) is 5. The van der Waals surface area contributed by atoms with Gasteiger partial charge in [0.15, 0.2) is 0 Å². The summed E-state index contributed by atoms with van der Waals surface area (Å²) < 4.78 is 57.5. The monoisotopic (exact) mass is 1530 g/mol. The predicted molar refractivity (Wildman–Crippen MR) is 265 cm³/mol. The van der Waals surface area contributed by atoms with Gasteiger partial charge < -0.3 is 19.0 Å². The molecule has 304 valence electrons. The van der Waals surface area contributed by atoms with Crippen LogP contribution < -0.4 is 22.7 Å². The quantitative estimate of drug-likeness (QED) is 0.0587. The van der Waals surface area contributed by atoms with Crippen molar-refractivity contribution < 1.29 is 39.6 Å². The van der Waals surface area contributed by atoms with Crippen LogP contribution in [0.25, 0.3) is 27.6 Å². The molecule has 0 aliphatic carbocycles. The van der Waals surface area contributed by atoms with Gasteiger partial charge in [0.05, 0.1) is 30.2 Å². The van der Waals surface area contributed by atoms with E-state index >= 15 is 0 Å². The Labute approximate surface area is 405 Å². The molecule has 4 aromatic heterocycles. The molecule has 0 unspecified atom stereocenters. The van der Waals surface area contributed by atoms with Gasteiger partial charge in [0, 0.05) is 90.8 Å². The van der Waals surface area contributed by atoms with Gasteiger partial charge in [0.1, 0.15) is 42.1 Å². The SMILES string of the molecule is CS(=O)(=O)CCCOc1cccc2[nH]ccc12.CS(=O)(=O)CCCOc1cccc2c1ccn2-c1ccnc(Cl)n1.Clc1ccnc(Cl)n1.I.II.I[I-]I. The van der Waals surface area contributed by atoms with Crippen LogP contribution in [0.2, 0.25) is 15.7 Å². The predicted octanol–water partition coefficient (Wildman–Crippen LogP) is 7.82. The van der Waals surface area contributed by atoms with E-state index in [9.17, 15) is 16.8 Å². The van der Waals surface area contributed by atoms with Crippen molar-refractivity contribution in [3.05, 3.63) is 101 Å². The Hall–Kier alpha value is 0.430. The molecule has 0 aliphatic rings. The molecule has 6 aromatic rings. The van der Waals surface area contributed by atoms with Crippen molar-refractivity contribution in [1.29, 1.82) is 0 Å². The molecular formula is C32H34Cl3I6N6O6S2-. The molecule has 0 aliphatic heterocycles. The van der Waals surface area contributed by atoms with Gasteiger partial charge in [-0.05, 0) is 84.6 Å². The van der Waals surface area contributed by atoms with Crippen molar-refractivity contribution in [3.8, 4) is 17.3 Å².